The molecule has 2 rings (SSSR count). The molecule has 0 aliphatic carbocycles. The third kappa shape index (κ3) is 3.20. The van der Waals surface area contributed by atoms with Crippen LogP contribution >= 0.6 is 11.8 Å². The second-order valence-electron chi connectivity index (χ2n) is 3.76. The maximum atomic E-state index is 13.3. The van der Waals surface area contributed by atoms with Crippen LogP contribution in [0.5, 0.6) is 0 Å². The van der Waals surface area contributed by atoms with Gasteiger partial charge < -0.3 is 5.73 Å². The first kappa shape index (κ1) is 12.8. The summed E-state index contributed by atoms with van der Waals surface area (Å²) in [6.45, 7) is 0. The van der Waals surface area contributed by atoms with Gasteiger partial charge in [-0.05, 0) is 42.0 Å². The van der Waals surface area contributed by atoms with Crippen molar-refractivity contribution in [2.45, 2.75) is 10.6 Å². The normalized spacial score (nSPS) is 10.6. The number of nitrogens with two attached hydrogens (primary N) is 1. The van der Waals surface area contributed by atoms with Gasteiger partial charge in [0.15, 0.2) is 0 Å². The molecule has 0 aromatic heterocycles. The molecular weight excluding hydrogens is 259 g/mol. The first-order chi connectivity index (χ1) is 8.54. The molecule has 5 heteroatoms. The van der Waals surface area contributed by atoms with Gasteiger partial charge >= 0.3 is 0 Å². The number of thioether (sulfide) groups is 1. The van der Waals surface area contributed by atoms with Crippen LogP contribution in [0.4, 0.5) is 18.9 Å². The summed E-state index contributed by atoms with van der Waals surface area (Å²) in [6, 6.07) is 7.37. The van der Waals surface area contributed by atoms with Gasteiger partial charge in [-0.15, -0.1) is 11.8 Å². The molecular formula is C13H10F3NS. The Bertz CT molecular complexity index is 552. The lowest BCUT2D eigenvalue weighted by molar-refractivity contribution is 0.577. The zero-order chi connectivity index (χ0) is 13.1. The highest BCUT2D eigenvalue weighted by molar-refractivity contribution is 7.98. The molecule has 0 fully saturated rings. The Morgan fingerprint density at radius 3 is 2.44 bits per heavy atom. The highest BCUT2D eigenvalue weighted by Crippen LogP contribution is 2.27. The van der Waals surface area contributed by atoms with Crippen LogP contribution in [0.1, 0.15) is 5.56 Å². The zero-order valence-corrected chi connectivity index (χ0v) is 10.1. The molecule has 2 N–H and O–H groups in total. The van der Waals surface area contributed by atoms with E-state index in [4.69, 9.17) is 5.73 Å². The van der Waals surface area contributed by atoms with Crippen LogP contribution in [0.15, 0.2) is 41.3 Å². The molecule has 0 saturated carbocycles. The van der Waals surface area contributed by atoms with E-state index in [9.17, 15) is 13.2 Å². The largest absolute Gasteiger partial charge is 0.399 e. The van der Waals surface area contributed by atoms with Crippen molar-refractivity contribution < 1.29 is 13.2 Å². The zero-order valence-electron chi connectivity index (χ0n) is 9.29. The molecule has 0 radical (unpaired) electrons. The monoisotopic (exact) mass is 269 g/mol. The van der Waals surface area contributed by atoms with Crippen molar-refractivity contribution in [3.8, 4) is 0 Å². The average Bonchev–Trinajstić information content (AvgIpc) is 2.29. The summed E-state index contributed by atoms with van der Waals surface area (Å²) < 4.78 is 39.4. The summed E-state index contributed by atoms with van der Waals surface area (Å²) in [5.74, 6) is -1.11. The minimum atomic E-state index is -0.502. The maximum absolute atomic E-state index is 13.3. The van der Waals surface area contributed by atoms with E-state index in [0.717, 1.165) is 30.0 Å². The van der Waals surface area contributed by atoms with Crippen LogP contribution in [-0.2, 0) is 5.75 Å². The molecule has 0 amide bonds. The van der Waals surface area contributed by atoms with Gasteiger partial charge in [-0.1, -0.05) is 0 Å². The van der Waals surface area contributed by atoms with Crippen molar-refractivity contribution in [3.63, 3.8) is 0 Å². The molecule has 2 aromatic carbocycles. The third-order valence-corrected chi connectivity index (χ3v) is 3.37. The predicted molar refractivity (Wildman–Crippen MR) is 66.7 cm³/mol. The van der Waals surface area contributed by atoms with E-state index in [1.165, 1.54) is 12.1 Å². The second kappa shape index (κ2) is 5.35. The SMILES string of the molecule is Nc1cc(F)cc(CSc2cc(F)ccc2F)c1. The number of halogens is 3. The van der Waals surface area contributed by atoms with E-state index in [1.807, 2.05) is 0 Å². The van der Waals surface area contributed by atoms with Crippen molar-refractivity contribution in [2.75, 3.05) is 5.73 Å². The summed E-state index contributed by atoms with van der Waals surface area (Å²) in [6.07, 6.45) is 0. The molecule has 0 bridgehead atoms. The first-order valence-corrected chi connectivity index (χ1v) is 6.16. The van der Waals surface area contributed by atoms with Gasteiger partial charge in [0.1, 0.15) is 17.5 Å². The molecule has 0 aliphatic heterocycles. The Morgan fingerprint density at radius 2 is 1.72 bits per heavy atom. The molecule has 0 saturated heterocycles. The van der Waals surface area contributed by atoms with Crippen LogP contribution in [0.3, 0.4) is 0 Å². The fourth-order valence-corrected chi connectivity index (χ4v) is 2.40. The van der Waals surface area contributed by atoms with Crippen LogP contribution in [0.2, 0.25) is 0 Å². The Morgan fingerprint density at radius 1 is 0.944 bits per heavy atom. The summed E-state index contributed by atoms with van der Waals surface area (Å²) in [5, 5.41) is 0. The highest BCUT2D eigenvalue weighted by atomic mass is 32.2. The fraction of sp³-hybridized carbons (Fsp3) is 0.0769. The molecule has 0 heterocycles. The number of anilines is 1. The lowest BCUT2D eigenvalue weighted by atomic mass is 10.2. The first-order valence-electron chi connectivity index (χ1n) is 5.17. The van der Waals surface area contributed by atoms with Crippen molar-refractivity contribution >= 4 is 17.4 Å². The topological polar surface area (TPSA) is 26.0 Å². The van der Waals surface area contributed by atoms with Crippen LogP contribution < -0.4 is 5.73 Å². The van der Waals surface area contributed by atoms with Gasteiger partial charge in [0.2, 0.25) is 0 Å². The van der Waals surface area contributed by atoms with Crippen molar-refractivity contribution in [2.24, 2.45) is 0 Å². The van der Waals surface area contributed by atoms with Crippen molar-refractivity contribution in [1.29, 1.82) is 0 Å². The molecule has 0 atom stereocenters. The number of hydrogen-bond donors (Lipinski definition) is 1. The molecule has 18 heavy (non-hydrogen) atoms. The van der Waals surface area contributed by atoms with Gasteiger partial charge in [0, 0.05) is 16.3 Å². The van der Waals surface area contributed by atoms with E-state index in [2.05, 4.69) is 0 Å². The highest BCUT2D eigenvalue weighted by Gasteiger charge is 2.06. The van der Waals surface area contributed by atoms with E-state index < -0.39 is 17.5 Å². The Labute approximate surface area is 107 Å². The minimum absolute atomic E-state index is 0.192. The van der Waals surface area contributed by atoms with Crippen LogP contribution in [-0.4, -0.2) is 0 Å². The quantitative estimate of drug-likeness (QED) is 0.673. The summed E-state index contributed by atoms with van der Waals surface area (Å²) in [4.78, 5) is 0.192. The number of benzene rings is 2. The predicted octanol–water partition coefficient (Wildman–Crippen LogP) is 3.98. The standard InChI is InChI=1S/C13H10F3NS/c14-9-1-2-12(16)13(6-9)18-7-8-3-10(15)5-11(17)4-8/h1-6H,7,17H2. The molecule has 2 aromatic rings. The molecule has 0 spiro atoms. The van der Waals surface area contributed by atoms with Crippen LogP contribution in [0, 0.1) is 17.5 Å². The molecule has 94 valence electrons. The Hall–Kier alpha value is -1.62. The van der Waals surface area contributed by atoms with Gasteiger partial charge in [0.25, 0.3) is 0 Å². The Balaban J connectivity index is 2.13. The van der Waals surface area contributed by atoms with Gasteiger partial charge in [0.05, 0.1) is 0 Å². The van der Waals surface area contributed by atoms with Gasteiger partial charge in [-0.2, -0.15) is 0 Å². The second-order valence-corrected chi connectivity index (χ2v) is 4.77. The van der Waals surface area contributed by atoms with E-state index in [0.29, 0.717) is 17.0 Å². The van der Waals surface area contributed by atoms with Gasteiger partial charge in [-0.25, -0.2) is 13.2 Å². The summed E-state index contributed by atoms with van der Waals surface area (Å²) in [7, 11) is 0. The number of hydrogen-bond acceptors (Lipinski definition) is 2. The van der Waals surface area contributed by atoms with Crippen molar-refractivity contribution in [1.82, 2.24) is 0 Å². The lowest BCUT2D eigenvalue weighted by Gasteiger charge is -2.05. The van der Waals surface area contributed by atoms with Gasteiger partial charge in [-0.3, -0.25) is 0 Å². The fourth-order valence-electron chi connectivity index (χ4n) is 1.51. The number of nitrogen functional groups attached to an aromatic ring is 1. The number of rotatable bonds is 3. The summed E-state index contributed by atoms with van der Waals surface area (Å²) in [5.41, 5.74) is 6.44. The summed E-state index contributed by atoms with van der Waals surface area (Å²) >= 11 is 1.09. The smallest absolute Gasteiger partial charge is 0.136 e. The van der Waals surface area contributed by atoms with Crippen LogP contribution in [0.25, 0.3) is 0 Å². The molecule has 1 nitrogen and oxygen atoms in total. The average molecular weight is 269 g/mol. The van der Waals surface area contributed by atoms with Crippen molar-refractivity contribution in [3.05, 3.63) is 59.4 Å². The van der Waals surface area contributed by atoms with E-state index in [1.54, 1.807) is 6.07 Å². The van der Waals surface area contributed by atoms with E-state index >= 15 is 0 Å². The molecule has 0 aliphatic rings. The molecule has 0 unspecified atom stereocenters. The Kier molecular flexibility index (Phi) is 3.81. The minimum Gasteiger partial charge on any atom is -0.399 e. The lowest BCUT2D eigenvalue weighted by Crippen LogP contribution is -1.91. The van der Waals surface area contributed by atoms with E-state index in [-0.39, 0.29) is 4.90 Å². The maximum Gasteiger partial charge on any atom is 0.136 e. The third-order valence-electron chi connectivity index (χ3n) is 2.27.